The van der Waals surface area contributed by atoms with Crippen LogP contribution in [0.15, 0.2) is 48.7 Å². The summed E-state index contributed by atoms with van der Waals surface area (Å²) in [7, 11) is 1.68. The molecule has 2 heterocycles. The van der Waals surface area contributed by atoms with Crippen LogP contribution in [0.1, 0.15) is 51.5 Å². The lowest BCUT2D eigenvalue weighted by molar-refractivity contribution is -0.156. The smallest absolute Gasteiger partial charge is 0.325 e. The van der Waals surface area contributed by atoms with Gasteiger partial charge >= 0.3 is 6.03 Å². The van der Waals surface area contributed by atoms with Gasteiger partial charge in [0.2, 0.25) is 5.91 Å². The fourth-order valence-corrected chi connectivity index (χ4v) is 5.64. The molecule has 8 nitrogen and oxygen atoms in total. The van der Waals surface area contributed by atoms with Gasteiger partial charge in [-0.15, -0.1) is 0 Å². The number of nitrogen functional groups attached to an aromatic ring is 1. The molecular weight excluding hydrogens is 454 g/mol. The van der Waals surface area contributed by atoms with E-state index in [-0.39, 0.29) is 23.8 Å². The number of pyridine rings is 1. The number of nitrogens with one attached hydrogen (secondary N) is 1. The summed E-state index contributed by atoms with van der Waals surface area (Å²) < 4.78 is 0. The molecule has 2 fully saturated rings. The van der Waals surface area contributed by atoms with E-state index in [0.717, 1.165) is 36.1 Å². The maximum atomic E-state index is 13.7. The molecule has 8 heteroatoms. The lowest BCUT2D eigenvalue weighted by Crippen LogP contribution is -2.71. The van der Waals surface area contributed by atoms with Crippen molar-refractivity contribution < 1.29 is 14.4 Å². The number of nitrogens with zero attached hydrogens (tertiary/aromatic N) is 3. The number of nitrogens with two attached hydrogens (primary N) is 1. The molecule has 0 radical (unpaired) electrons. The number of likely N-dealkylation sites (N-methyl/N-ethyl adjacent to an activating group) is 1. The van der Waals surface area contributed by atoms with Crippen LogP contribution in [0.4, 0.5) is 16.3 Å². The molecular formula is C28H37N5O3. The van der Waals surface area contributed by atoms with Gasteiger partial charge in [-0.2, -0.15) is 0 Å². The zero-order chi connectivity index (χ0) is 25.8. The molecule has 192 valence electrons. The maximum absolute atomic E-state index is 13.7. The molecule has 3 atom stereocenters. The number of hydrogen-bond acceptors (Lipinski definition) is 5. The van der Waals surface area contributed by atoms with E-state index in [1.165, 1.54) is 11.3 Å². The Morgan fingerprint density at radius 2 is 1.83 bits per heavy atom. The predicted octanol–water partition coefficient (Wildman–Crippen LogP) is 4.01. The van der Waals surface area contributed by atoms with Gasteiger partial charge in [-0.3, -0.25) is 14.5 Å². The molecule has 4 rings (SSSR count). The van der Waals surface area contributed by atoms with Crippen molar-refractivity contribution in [3.05, 3.63) is 54.2 Å². The van der Waals surface area contributed by atoms with E-state index in [9.17, 15) is 14.4 Å². The lowest BCUT2D eigenvalue weighted by Gasteiger charge is -2.46. The second-order valence-corrected chi connectivity index (χ2v) is 10.4. The molecule has 1 aliphatic heterocycles. The second kappa shape index (κ2) is 11.1. The third kappa shape index (κ3) is 5.37. The van der Waals surface area contributed by atoms with Crippen LogP contribution in [0.25, 0.3) is 0 Å². The standard InChI is InChI=1S/C28H37N5O3/c1-18(2)24(20-10-6-4-7-11-20)31-28(36)33-25(27(35)32(3)21-12-8-5-9-13-21)22(26(33)34)16-19-14-15-30-23(29)17-19/h5,8-9,12-15,17-18,20,22,24-25H,4,6-7,10-11,16H2,1-3H3,(H2,29,30)(H,31,36)/t22?,24-,25+/m1/s1. The molecule has 36 heavy (non-hydrogen) atoms. The monoisotopic (exact) mass is 491 g/mol. The Morgan fingerprint density at radius 3 is 2.47 bits per heavy atom. The number of β-lactam (4-membered cyclic amide) rings is 1. The third-order valence-electron chi connectivity index (χ3n) is 7.63. The number of hydrogen-bond donors (Lipinski definition) is 2. The quantitative estimate of drug-likeness (QED) is 0.569. The fourth-order valence-electron chi connectivity index (χ4n) is 5.64. The van der Waals surface area contributed by atoms with Gasteiger partial charge in [0.05, 0.1) is 5.92 Å². The molecule has 1 aromatic carbocycles. The number of carbonyl (C=O) groups excluding carboxylic acids is 3. The zero-order valence-corrected chi connectivity index (χ0v) is 21.4. The van der Waals surface area contributed by atoms with Crippen LogP contribution < -0.4 is 16.0 Å². The summed E-state index contributed by atoms with van der Waals surface area (Å²) in [4.78, 5) is 47.2. The number of imide groups is 1. The number of likely N-dealkylation sites (tertiary alicyclic amines) is 1. The van der Waals surface area contributed by atoms with E-state index < -0.39 is 18.0 Å². The van der Waals surface area contributed by atoms with Crippen LogP contribution in [0.2, 0.25) is 0 Å². The van der Waals surface area contributed by atoms with Gasteiger partial charge in [-0.05, 0) is 60.9 Å². The van der Waals surface area contributed by atoms with Crippen LogP contribution in [-0.2, 0) is 16.0 Å². The average molecular weight is 492 g/mol. The van der Waals surface area contributed by atoms with Crippen molar-refractivity contribution in [2.45, 2.75) is 64.5 Å². The van der Waals surface area contributed by atoms with Gasteiger partial charge < -0.3 is 16.0 Å². The van der Waals surface area contributed by atoms with Gasteiger partial charge in [-0.1, -0.05) is 51.3 Å². The van der Waals surface area contributed by atoms with Crippen molar-refractivity contribution in [1.82, 2.24) is 15.2 Å². The molecule has 1 saturated carbocycles. The van der Waals surface area contributed by atoms with Crippen LogP contribution in [0.3, 0.4) is 0 Å². The number of para-hydroxylation sites is 1. The number of carbonyl (C=O) groups is 3. The average Bonchev–Trinajstić information content (AvgIpc) is 2.88. The van der Waals surface area contributed by atoms with E-state index in [4.69, 9.17) is 5.73 Å². The first-order valence-electron chi connectivity index (χ1n) is 12.9. The number of amides is 4. The topological polar surface area (TPSA) is 109 Å². The van der Waals surface area contributed by atoms with E-state index in [0.29, 0.717) is 23.8 Å². The first kappa shape index (κ1) is 25.7. The highest BCUT2D eigenvalue weighted by Gasteiger charge is 2.55. The SMILES string of the molecule is CC(C)[C@@H](NC(=O)N1C(=O)C(Cc2ccnc(N)c2)[C@H]1C(=O)N(C)c1ccccc1)C1CCCCC1. The molecule has 4 amide bonds. The maximum Gasteiger partial charge on any atom is 0.325 e. The highest BCUT2D eigenvalue weighted by molar-refractivity contribution is 6.12. The van der Waals surface area contributed by atoms with E-state index in [1.807, 2.05) is 30.3 Å². The van der Waals surface area contributed by atoms with Crippen molar-refractivity contribution in [1.29, 1.82) is 0 Å². The molecule has 0 bridgehead atoms. The van der Waals surface area contributed by atoms with Gasteiger partial charge in [0, 0.05) is 25.0 Å². The van der Waals surface area contributed by atoms with Crippen molar-refractivity contribution >= 4 is 29.4 Å². The van der Waals surface area contributed by atoms with Crippen molar-refractivity contribution in [2.24, 2.45) is 17.8 Å². The molecule has 1 aromatic heterocycles. The first-order valence-corrected chi connectivity index (χ1v) is 12.9. The Labute approximate surface area is 213 Å². The summed E-state index contributed by atoms with van der Waals surface area (Å²) in [5.41, 5.74) is 7.34. The number of benzene rings is 1. The first-order chi connectivity index (χ1) is 17.3. The third-order valence-corrected chi connectivity index (χ3v) is 7.63. The van der Waals surface area contributed by atoms with E-state index >= 15 is 0 Å². The number of anilines is 2. The van der Waals surface area contributed by atoms with Crippen LogP contribution in [-0.4, -0.2) is 46.9 Å². The molecule has 1 unspecified atom stereocenters. The van der Waals surface area contributed by atoms with Crippen LogP contribution in [0, 0.1) is 17.8 Å². The second-order valence-electron chi connectivity index (χ2n) is 10.4. The minimum Gasteiger partial charge on any atom is -0.384 e. The minimum atomic E-state index is -0.892. The van der Waals surface area contributed by atoms with Crippen LogP contribution in [0.5, 0.6) is 0 Å². The van der Waals surface area contributed by atoms with Crippen molar-refractivity contribution in [3.63, 3.8) is 0 Å². The molecule has 1 saturated heterocycles. The Morgan fingerprint density at radius 1 is 1.14 bits per heavy atom. The Kier molecular flexibility index (Phi) is 7.91. The summed E-state index contributed by atoms with van der Waals surface area (Å²) in [5.74, 6) is -0.314. The Balaban J connectivity index is 1.58. The fraction of sp³-hybridized carbons (Fsp3) is 0.500. The van der Waals surface area contributed by atoms with Gasteiger partial charge in [0.25, 0.3) is 5.91 Å². The highest BCUT2D eigenvalue weighted by atomic mass is 16.2. The molecule has 2 aliphatic rings. The van der Waals surface area contributed by atoms with Crippen molar-refractivity contribution in [3.8, 4) is 0 Å². The van der Waals surface area contributed by atoms with Crippen LogP contribution >= 0.6 is 0 Å². The molecule has 3 N–H and O–H groups in total. The van der Waals surface area contributed by atoms with Gasteiger partial charge in [-0.25, -0.2) is 9.78 Å². The molecule has 2 aromatic rings. The lowest BCUT2D eigenvalue weighted by atomic mass is 9.79. The van der Waals surface area contributed by atoms with E-state index in [1.54, 1.807) is 25.4 Å². The van der Waals surface area contributed by atoms with E-state index in [2.05, 4.69) is 24.1 Å². The largest absolute Gasteiger partial charge is 0.384 e. The summed E-state index contributed by atoms with van der Waals surface area (Å²) in [6.45, 7) is 4.19. The van der Waals surface area contributed by atoms with Gasteiger partial charge in [0.15, 0.2) is 0 Å². The van der Waals surface area contributed by atoms with Gasteiger partial charge in [0.1, 0.15) is 11.9 Å². The summed E-state index contributed by atoms with van der Waals surface area (Å²) in [6.07, 6.45) is 7.58. The highest BCUT2D eigenvalue weighted by Crippen LogP contribution is 2.34. The predicted molar refractivity (Wildman–Crippen MR) is 140 cm³/mol. The summed E-state index contributed by atoms with van der Waals surface area (Å²) in [6, 6.07) is 11.3. The number of urea groups is 1. The normalized spacial score (nSPS) is 21.1. The number of aromatic nitrogens is 1. The minimum absolute atomic E-state index is 0.0350. The Bertz CT molecular complexity index is 1080. The van der Waals surface area contributed by atoms with Crippen molar-refractivity contribution in [2.75, 3.05) is 17.7 Å². The molecule has 0 spiro atoms. The summed E-state index contributed by atoms with van der Waals surface area (Å²) in [5, 5.41) is 3.14. The Hall–Kier alpha value is -3.42. The zero-order valence-electron chi connectivity index (χ0n) is 21.4. The molecule has 1 aliphatic carbocycles. The summed E-state index contributed by atoms with van der Waals surface area (Å²) >= 11 is 0. The number of rotatable bonds is 7.